The van der Waals surface area contributed by atoms with Crippen LogP contribution in [0.25, 0.3) is 0 Å². The lowest BCUT2D eigenvalue weighted by Gasteiger charge is -2.27. The van der Waals surface area contributed by atoms with Gasteiger partial charge in [-0.05, 0) is 19.1 Å². The summed E-state index contributed by atoms with van der Waals surface area (Å²) in [6.07, 6.45) is 3.73. The lowest BCUT2D eigenvalue weighted by Crippen LogP contribution is -2.45. The van der Waals surface area contributed by atoms with Crippen molar-refractivity contribution in [2.75, 3.05) is 19.7 Å². The van der Waals surface area contributed by atoms with E-state index in [0.29, 0.717) is 19.7 Å². The standard InChI is InChI=1S/C17H23N5O2/c1-3-18-17(19-8-13-9-21-22(2)11-13)20-10-14-12-23-15-6-4-5-7-16(15)24-14/h4-7,9,11,14H,3,8,10,12H2,1-2H3,(H2,18,19,20). The third kappa shape index (κ3) is 4.18. The van der Waals surface area contributed by atoms with Crippen molar-refractivity contribution < 1.29 is 9.47 Å². The van der Waals surface area contributed by atoms with Gasteiger partial charge in [0.15, 0.2) is 17.5 Å². The topological polar surface area (TPSA) is 72.7 Å². The van der Waals surface area contributed by atoms with Crippen LogP contribution in [-0.2, 0) is 13.6 Å². The maximum absolute atomic E-state index is 5.94. The predicted octanol–water partition coefficient (Wildman–Crippen LogP) is 1.32. The lowest BCUT2D eigenvalue weighted by molar-refractivity contribution is 0.0936. The number of benzene rings is 1. The van der Waals surface area contributed by atoms with Gasteiger partial charge in [-0.15, -0.1) is 0 Å². The highest BCUT2D eigenvalue weighted by Gasteiger charge is 2.20. The van der Waals surface area contributed by atoms with Crippen molar-refractivity contribution in [3.8, 4) is 11.5 Å². The summed E-state index contributed by atoms with van der Waals surface area (Å²) in [5, 5.41) is 10.7. The largest absolute Gasteiger partial charge is 0.486 e. The Balaban J connectivity index is 1.54. The van der Waals surface area contributed by atoms with Crippen LogP contribution in [0.1, 0.15) is 12.5 Å². The number of ether oxygens (including phenoxy) is 2. The van der Waals surface area contributed by atoms with E-state index >= 15 is 0 Å². The minimum absolute atomic E-state index is 0.0536. The molecule has 1 aromatic heterocycles. The molecule has 1 unspecified atom stereocenters. The summed E-state index contributed by atoms with van der Waals surface area (Å²) in [7, 11) is 1.90. The number of aryl methyl sites for hydroxylation is 1. The molecule has 0 saturated heterocycles. The molecule has 7 heteroatoms. The van der Waals surface area contributed by atoms with Crippen molar-refractivity contribution in [2.45, 2.75) is 19.6 Å². The maximum Gasteiger partial charge on any atom is 0.191 e. The Labute approximate surface area is 141 Å². The molecular weight excluding hydrogens is 306 g/mol. The first-order valence-electron chi connectivity index (χ1n) is 8.13. The molecule has 7 nitrogen and oxygen atoms in total. The Morgan fingerprint density at radius 3 is 2.92 bits per heavy atom. The minimum atomic E-state index is -0.0536. The molecule has 3 rings (SSSR count). The Morgan fingerprint density at radius 2 is 2.17 bits per heavy atom. The normalized spacial score (nSPS) is 16.8. The van der Waals surface area contributed by atoms with Gasteiger partial charge in [0.25, 0.3) is 0 Å². The summed E-state index contributed by atoms with van der Waals surface area (Å²) < 4.78 is 13.4. The molecule has 1 aliphatic heterocycles. The number of nitrogens with one attached hydrogen (secondary N) is 2. The number of fused-ring (bicyclic) bond motifs is 1. The molecule has 2 heterocycles. The van der Waals surface area contributed by atoms with Crippen molar-refractivity contribution in [1.29, 1.82) is 0 Å². The fourth-order valence-electron chi connectivity index (χ4n) is 2.44. The van der Waals surface area contributed by atoms with Crippen LogP contribution >= 0.6 is 0 Å². The SMILES string of the molecule is CCNC(=NCc1cnn(C)c1)NCC1COc2ccccc2O1. The molecule has 1 aliphatic rings. The van der Waals surface area contributed by atoms with Gasteiger partial charge in [0.2, 0.25) is 0 Å². The second kappa shape index (κ2) is 7.72. The van der Waals surface area contributed by atoms with Crippen molar-refractivity contribution in [3.63, 3.8) is 0 Å². The van der Waals surface area contributed by atoms with Crippen LogP contribution in [0.5, 0.6) is 11.5 Å². The van der Waals surface area contributed by atoms with E-state index in [1.165, 1.54) is 0 Å². The fourth-order valence-corrected chi connectivity index (χ4v) is 2.44. The maximum atomic E-state index is 5.94. The zero-order valence-corrected chi connectivity index (χ0v) is 14.0. The zero-order valence-electron chi connectivity index (χ0n) is 14.0. The molecule has 128 valence electrons. The van der Waals surface area contributed by atoms with Gasteiger partial charge in [-0.1, -0.05) is 12.1 Å². The number of nitrogens with zero attached hydrogens (tertiary/aromatic N) is 3. The molecule has 0 aliphatic carbocycles. The molecular formula is C17H23N5O2. The van der Waals surface area contributed by atoms with E-state index in [-0.39, 0.29) is 6.10 Å². The van der Waals surface area contributed by atoms with Crippen LogP contribution in [0.4, 0.5) is 0 Å². The number of rotatable bonds is 5. The van der Waals surface area contributed by atoms with E-state index in [0.717, 1.165) is 29.6 Å². The number of para-hydroxylation sites is 2. The smallest absolute Gasteiger partial charge is 0.191 e. The molecule has 0 amide bonds. The van der Waals surface area contributed by atoms with Crippen LogP contribution in [0.15, 0.2) is 41.7 Å². The zero-order chi connectivity index (χ0) is 16.8. The van der Waals surface area contributed by atoms with Crippen LogP contribution in [0, 0.1) is 0 Å². The molecule has 0 saturated carbocycles. The first kappa shape index (κ1) is 16.2. The first-order chi connectivity index (χ1) is 11.7. The summed E-state index contributed by atoms with van der Waals surface area (Å²) in [6, 6.07) is 7.72. The molecule has 2 aromatic rings. The van der Waals surface area contributed by atoms with E-state index in [4.69, 9.17) is 9.47 Å². The third-order valence-corrected chi connectivity index (χ3v) is 3.59. The monoisotopic (exact) mass is 329 g/mol. The fraction of sp³-hybridized carbons (Fsp3) is 0.412. The quantitative estimate of drug-likeness (QED) is 0.639. The van der Waals surface area contributed by atoms with E-state index in [2.05, 4.69) is 20.7 Å². The predicted molar refractivity (Wildman–Crippen MR) is 92.4 cm³/mol. The number of aliphatic imine (C=N–C) groups is 1. The Hall–Kier alpha value is -2.70. The van der Waals surface area contributed by atoms with Crippen molar-refractivity contribution in [2.24, 2.45) is 12.0 Å². The number of hydrogen-bond donors (Lipinski definition) is 2. The molecule has 1 aromatic carbocycles. The molecule has 0 radical (unpaired) electrons. The molecule has 24 heavy (non-hydrogen) atoms. The van der Waals surface area contributed by atoms with Crippen LogP contribution in [0.3, 0.4) is 0 Å². The van der Waals surface area contributed by atoms with Gasteiger partial charge in [-0.3, -0.25) is 4.68 Å². The van der Waals surface area contributed by atoms with Gasteiger partial charge in [0.1, 0.15) is 12.7 Å². The first-order valence-corrected chi connectivity index (χ1v) is 8.13. The van der Waals surface area contributed by atoms with Crippen molar-refractivity contribution in [1.82, 2.24) is 20.4 Å². The average molecular weight is 329 g/mol. The van der Waals surface area contributed by atoms with Gasteiger partial charge in [0, 0.05) is 25.4 Å². The summed E-state index contributed by atoms with van der Waals surface area (Å²) in [6.45, 7) is 4.55. The molecule has 1 atom stereocenters. The van der Waals surface area contributed by atoms with E-state index < -0.39 is 0 Å². The highest BCUT2D eigenvalue weighted by molar-refractivity contribution is 5.79. The third-order valence-electron chi connectivity index (χ3n) is 3.59. The molecule has 0 fully saturated rings. The van der Waals surface area contributed by atoms with Gasteiger partial charge in [-0.25, -0.2) is 4.99 Å². The number of hydrogen-bond acceptors (Lipinski definition) is 4. The van der Waals surface area contributed by atoms with E-state index in [9.17, 15) is 0 Å². The second-order valence-electron chi connectivity index (χ2n) is 5.60. The van der Waals surface area contributed by atoms with Crippen LogP contribution < -0.4 is 20.1 Å². The lowest BCUT2D eigenvalue weighted by atomic mass is 10.2. The van der Waals surface area contributed by atoms with Gasteiger partial charge in [-0.2, -0.15) is 5.10 Å². The van der Waals surface area contributed by atoms with Crippen molar-refractivity contribution in [3.05, 3.63) is 42.2 Å². The molecule has 2 N–H and O–H groups in total. The summed E-state index contributed by atoms with van der Waals surface area (Å²) in [4.78, 5) is 4.57. The van der Waals surface area contributed by atoms with Gasteiger partial charge < -0.3 is 20.1 Å². The van der Waals surface area contributed by atoms with Gasteiger partial charge >= 0.3 is 0 Å². The Bertz CT molecular complexity index is 698. The average Bonchev–Trinajstić information content (AvgIpc) is 3.02. The summed E-state index contributed by atoms with van der Waals surface area (Å²) in [5.41, 5.74) is 1.07. The van der Waals surface area contributed by atoms with E-state index in [1.54, 1.807) is 4.68 Å². The number of guanidine groups is 1. The molecule has 0 spiro atoms. The highest BCUT2D eigenvalue weighted by Crippen LogP contribution is 2.30. The minimum Gasteiger partial charge on any atom is -0.486 e. The van der Waals surface area contributed by atoms with Crippen LogP contribution in [0.2, 0.25) is 0 Å². The Kier molecular flexibility index (Phi) is 5.20. The Morgan fingerprint density at radius 1 is 1.33 bits per heavy atom. The summed E-state index contributed by atoms with van der Waals surface area (Å²) >= 11 is 0. The number of aromatic nitrogens is 2. The van der Waals surface area contributed by atoms with Crippen molar-refractivity contribution >= 4 is 5.96 Å². The highest BCUT2D eigenvalue weighted by atomic mass is 16.6. The van der Waals surface area contributed by atoms with E-state index in [1.807, 2.05) is 50.6 Å². The van der Waals surface area contributed by atoms with Crippen LogP contribution in [-0.4, -0.2) is 41.5 Å². The molecule has 0 bridgehead atoms. The summed E-state index contributed by atoms with van der Waals surface area (Å²) in [5.74, 6) is 2.34. The van der Waals surface area contributed by atoms with Gasteiger partial charge in [0.05, 0.1) is 19.3 Å². The second-order valence-corrected chi connectivity index (χ2v) is 5.60.